The zero-order valence-corrected chi connectivity index (χ0v) is 17.1. The second kappa shape index (κ2) is 7.95. The first kappa shape index (κ1) is 19.0. The monoisotopic (exact) mass is 386 g/mol. The van der Waals surface area contributed by atoms with E-state index in [4.69, 9.17) is 4.74 Å². The van der Waals surface area contributed by atoms with Crippen LogP contribution in [0.4, 0.5) is 11.5 Å². The number of hydrogen-bond donors (Lipinski definition) is 2. The normalized spacial score (nSPS) is 16.7. The third kappa shape index (κ3) is 3.44. The number of azo groups is 1. The minimum atomic E-state index is -0.106. The maximum Gasteiger partial charge on any atom is 0.160 e. The van der Waals surface area contributed by atoms with Crippen molar-refractivity contribution in [2.75, 3.05) is 12.4 Å². The third-order valence-corrected chi connectivity index (χ3v) is 5.45. The molecule has 4 rings (SSSR count). The van der Waals surface area contributed by atoms with Crippen molar-refractivity contribution < 1.29 is 4.74 Å². The molecule has 2 unspecified atom stereocenters. The highest BCUT2D eigenvalue weighted by Gasteiger charge is 2.30. The van der Waals surface area contributed by atoms with Gasteiger partial charge in [-0.2, -0.15) is 5.11 Å². The summed E-state index contributed by atoms with van der Waals surface area (Å²) < 4.78 is 5.65. The molecular formula is C24H26N4O. The molecule has 29 heavy (non-hydrogen) atoms. The fourth-order valence-corrected chi connectivity index (χ4v) is 3.68. The van der Waals surface area contributed by atoms with Crippen molar-refractivity contribution in [3.63, 3.8) is 0 Å². The molecule has 0 saturated carbocycles. The van der Waals surface area contributed by atoms with Gasteiger partial charge in [0.25, 0.3) is 0 Å². The first-order valence-corrected chi connectivity index (χ1v) is 9.94. The molecule has 2 heterocycles. The smallest absolute Gasteiger partial charge is 0.160 e. The number of methoxy groups -OCH3 is 1. The Labute approximate surface area is 171 Å². The number of nitrogens with zero attached hydrogens (tertiary/aromatic N) is 2. The molecule has 3 aromatic rings. The van der Waals surface area contributed by atoms with Crippen LogP contribution in [-0.2, 0) is 0 Å². The van der Waals surface area contributed by atoms with E-state index in [-0.39, 0.29) is 12.1 Å². The van der Waals surface area contributed by atoms with Gasteiger partial charge in [-0.1, -0.05) is 49.9 Å². The summed E-state index contributed by atoms with van der Waals surface area (Å²) in [7, 11) is 1.70. The zero-order chi connectivity index (χ0) is 20.4. The van der Waals surface area contributed by atoms with Crippen LogP contribution in [0.2, 0.25) is 0 Å². The van der Waals surface area contributed by atoms with Crippen molar-refractivity contribution in [3.8, 4) is 5.75 Å². The van der Waals surface area contributed by atoms with Crippen LogP contribution in [-0.4, -0.2) is 18.1 Å². The predicted molar refractivity (Wildman–Crippen MR) is 118 cm³/mol. The van der Waals surface area contributed by atoms with E-state index in [0.29, 0.717) is 0 Å². The van der Waals surface area contributed by atoms with Crippen molar-refractivity contribution >= 4 is 17.1 Å². The number of aromatic amines is 1. The molecule has 0 bridgehead atoms. The molecule has 2 aromatic carbocycles. The highest BCUT2D eigenvalue weighted by molar-refractivity contribution is 5.92. The van der Waals surface area contributed by atoms with Gasteiger partial charge >= 0.3 is 0 Å². The predicted octanol–water partition coefficient (Wildman–Crippen LogP) is 6.48. The minimum absolute atomic E-state index is 0.106. The molecule has 1 aliphatic rings. The maximum absolute atomic E-state index is 5.65. The molecule has 0 radical (unpaired) electrons. The molecule has 0 amide bonds. The number of nitrogens with one attached hydrogen (secondary N) is 2. The highest BCUT2D eigenvalue weighted by atomic mass is 16.5. The third-order valence-electron chi connectivity index (χ3n) is 5.45. The second-order valence-corrected chi connectivity index (χ2v) is 7.28. The van der Waals surface area contributed by atoms with Gasteiger partial charge < -0.3 is 15.0 Å². The lowest BCUT2D eigenvalue weighted by molar-refractivity contribution is 0.408. The van der Waals surface area contributed by atoms with Crippen molar-refractivity contribution in [2.24, 2.45) is 10.2 Å². The Hall–Kier alpha value is -3.34. The van der Waals surface area contributed by atoms with E-state index in [9.17, 15) is 0 Å². The van der Waals surface area contributed by atoms with Crippen LogP contribution in [0, 0.1) is 0 Å². The number of benzene rings is 2. The Kier molecular flexibility index (Phi) is 5.21. The SMILES string of the molecule is C=C1c2ccccc2NC(c2ccccc2OC)c2c[nH]c(N=NC(C)CC)c21. The number of H-pyrrole nitrogens is 1. The summed E-state index contributed by atoms with van der Waals surface area (Å²) in [5.74, 6) is 1.58. The molecule has 2 atom stereocenters. The van der Waals surface area contributed by atoms with Gasteiger partial charge in [0.15, 0.2) is 5.82 Å². The molecule has 148 valence electrons. The summed E-state index contributed by atoms with van der Waals surface area (Å²) >= 11 is 0. The lowest BCUT2D eigenvalue weighted by Gasteiger charge is -2.21. The number of aromatic nitrogens is 1. The largest absolute Gasteiger partial charge is 0.496 e. The van der Waals surface area contributed by atoms with E-state index < -0.39 is 0 Å². The zero-order valence-electron chi connectivity index (χ0n) is 17.1. The van der Waals surface area contributed by atoms with Gasteiger partial charge in [-0.3, -0.25) is 0 Å². The quantitative estimate of drug-likeness (QED) is 0.493. The molecule has 5 nitrogen and oxygen atoms in total. The van der Waals surface area contributed by atoms with Crippen molar-refractivity contribution in [1.82, 2.24) is 4.98 Å². The first-order chi connectivity index (χ1) is 14.1. The summed E-state index contributed by atoms with van der Waals surface area (Å²) in [6.07, 6.45) is 2.95. The average Bonchev–Trinajstić information content (AvgIpc) is 3.14. The molecule has 1 aromatic heterocycles. The number of hydrogen-bond acceptors (Lipinski definition) is 4. The topological polar surface area (TPSA) is 61.8 Å². The van der Waals surface area contributed by atoms with E-state index in [1.54, 1.807) is 7.11 Å². The summed E-state index contributed by atoms with van der Waals surface area (Å²) in [4.78, 5) is 3.32. The summed E-state index contributed by atoms with van der Waals surface area (Å²) in [5, 5.41) is 12.7. The number of anilines is 1. The van der Waals surface area contributed by atoms with Gasteiger partial charge in [0.1, 0.15) is 5.75 Å². The van der Waals surface area contributed by atoms with Crippen LogP contribution in [0.3, 0.4) is 0 Å². The van der Waals surface area contributed by atoms with Gasteiger partial charge in [-0.25, -0.2) is 0 Å². The molecule has 0 fully saturated rings. The second-order valence-electron chi connectivity index (χ2n) is 7.28. The Morgan fingerprint density at radius 1 is 1.10 bits per heavy atom. The van der Waals surface area contributed by atoms with E-state index in [2.05, 4.69) is 59.2 Å². The van der Waals surface area contributed by atoms with Crippen LogP contribution in [0.5, 0.6) is 5.75 Å². The molecule has 5 heteroatoms. The van der Waals surface area contributed by atoms with Gasteiger partial charge in [-0.05, 0) is 31.1 Å². The van der Waals surface area contributed by atoms with Crippen LogP contribution >= 0.6 is 0 Å². The summed E-state index contributed by atoms with van der Waals surface area (Å²) in [5.41, 5.74) is 6.16. The number of fused-ring (bicyclic) bond motifs is 2. The molecular weight excluding hydrogens is 360 g/mol. The number of rotatable bonds is 5. The number of ether oxygens (including phenoxy) is 1. The summed E-state index contributed by atoms with van der Waals surface area (Å²) in [6.45, 7) is 8.59. The van der Waals surface area contributed by atoms with Gasteiger partial charge in [0.05, 0.1) is 19.2 Å². The Morgan fingerprint density at radius 3 is 2.66 bits per heavy atom. The molecule has 2 N–H and O–H groups in total. The molecule has 1 aliphatic heterocycles. The van der Waals surface area contributed by atoms with Crippen molar-refractivity contribution in [1.29, 1.82) is 0 Å². The lowest BCUT2D eigenvalue weighted by atomic mass is 9.93. The standard InChI is InChI=1S/C24H26N4O/c1-5-15(2)27-28-24-22-16(3)17-10-6-8-12-20(17)26-23(19(22)14-25-24)18-11-7-9-13-21(18)29-4/h6-15,23,25-26H,3,5H2,1-2,4H3. The molecule has 0 saturated heterocycles. The highest BCUT2D eigenvalue weighted by Crippen LogP contribution is 2.45. The van der Waals surface area contributed by atoms with Crippen LogP contribution in [0.25, 0.3) is 5.57 Å². The molecule has 0 spiro atoms. The van der Waals surface area contributed by atoms with Gasteiger partial charge in [0.2, 0.25) is 0 Å². The average molecular weight is 386 g/mol. The lowest BCUT2D eigenvalue weighted by Crippen LogP contribution is -2.12. The van der Waals surface area contributed by atoms with Crippen LogP contribution < -0.4 is 10.1 Å². The minimum Gasteiger partial charge on any atom is -0.496 e. The Bertz CT molecular complexity index is 1070. The van der Waals surface area contributed by atoms with Crippen molar-refractivity contribution in [2.45, 2.75) is 32.4 Å². The van der Waals surface area contributed by atoms with E-state index in [0.717, 1.165) is 51.5 Å². The fraction of sp³-hybridized carbons (Fsp3) is 0.250. The van der Waals surface area contributed by atoms with Gasteiger partial charge in [0, 0.05) is 34.1 Å². The van der Waals surface area contributed by atoms with Crippen molar-refractivity contribution in [3.05, 3.63) is 83.6 Å². The summed E-state index contributed by atoms with van der Waals surface area (Å²) in [6, 6.07) is 16.4. The molecule has 0 aliphatic carbocycles. The number of para-hydroxylation sites is 2. The van der Waals surface area contributed by atoms with E-state index in [1.807, 2.05) is 36.5 Å². The van der Waals surface area contributed by atoms with Crippen LogP contribution in [0.1, 0.15) is 48.6 Å². The Morgan fingerprint density at radius 2 is 1.86 bits per heavy atom. The van der Waals surface area contributed by atoms with E-state index >= 15 is 0 Å². The Balaban J connectivity index is 1.92. The first-order valence-electron chi connectivity index (χ1n) is 9.94. The maximum atomic E-state index is 5.65. The van der Waals surface area contributed by atoms with E-state index in [1.165, 1.54) is 0 Å². The fourth-order valence-electron chi connectivity index (χ4n) is 3.68. The van der Waals surface area contributed by atoms with Crippen LogP contribution in [0.15, 0.2) is 71.5 Å². The van der Waals surface area contributed by atoms with Gasteiger partial charge in [-0.15, -0.1) is 5.11 Å².